The van der Waals surface area contributed by atoms with E-state index in [0.717, 1.165) is 0 Å². The molecule has 0 bridgehead atoms. The summed E-state index contributed by atoms with van der Waals surface area (Å²) in [5, 5.41) is -0.147. The zero-order chi connectivity index (χ0) is 9.14. The molecule has 1 aromatic rings. The van der Waals surface area contributed by atoms with Crippen molar-refractivity contribution in [2.45, 2.75) is 6.92 Å². The number of hydrogen-bond donors (Lipinski definition) is 1. The summed E-state index contributed by atoms with van der Waals surface area (Å²) in [6.45, 7) is 1.93. The Bertz CT molecular complexity index is 297. The molecular weight excluding hydrogens is 184 g/mol. The fourth-order valence-electron chi connectivity index (χ4n) is 0.642. The van der Waals surface area contributed by atoms with Gasteiger partial charge in [0.1, 0.15) is 0 Å². The van der Waals surface area contributed by atoms with Gasteiger partial charge in [-0.1, -0.05) is 0 Å². The van der Waals surface area contributed by atoms with E-state index in [2.05, 4.69) is 14.1 Å². The van der Waals surface area contributed by atoms with Gasteiger partial charge in [0.2, 0.25) is 10.9 Å². The first kappa shape index (κ1) is 8.86. The van der Waals surface area contributed by atoms with Crippen molar-refractivity contribution in [2.75, 3.05) is 12.3 Å². The molecule has 0 fully saturated rings. The Morgan fingerprint density at radius 2 is 2.50 bits per heavy atom. The van der Waals surface area contributed by atoms with Crippen molar-refractivity contribution >= 4 is 23.6 Å². The van der Waals surface area contributed by atoms with E-state index in [4.69, 9.17) is 17.3 Å². The molecule has 0 aliphatic rings. The zero-order valence-electron chi connectivity index (χ0n) is 6.33. The van der Waals surface area contributed by atoms with Crippen molar-refractivity contribution in [1.82, 2.24) is 4.98 Å². The highest BCUT2D eigenvalue weighted by molar-refractivity contribution is 6.31. The Morgan fingerprint density at radius 3 is 2.92 bits per heavy atom. The van der Waals surface area contributed by atoms with Gasteiger partial charge >= 0.3 is 5.97 Å². The summed E-state index contributed by atoms with van der Waals surface area (Å²) in [5.41, 5.74) is 5.06. The lowest BCUT2D eigenvalue weighted by molar-refractivity contribution is 0.0520. The normalized spacial score (nSPS) is 9.83. The van der Waals surface area contributed by atoms with Crippen LogP contribution in [0.3, 0.4) is 0 Å². The van der Waals surface area contributed by atoms with Crippen LogP contribution in [0.15, 0.2) is 4.42 Å². The highest BCUT2D eigenvalue weighted by atomic mass is 35.5. The van der Waals surface area contributed by atoms with Crippen molar-refractivity contribution in [3.8, 4) is 0 Å². The van der Waals surface area contributed by atoms with Gasteiger partial charge in [0.05, 0.1) is 6.61 Å². The summed E-state index contributed by atoms with van der Waals surface area (Å²) in [5.74, 6) is -0.636. The van der Waals surface area contributed by atoms with Crippen molar-refractivity contribution < 1.29 is 13.9 Å². The lowest BCUT2D eigenvalue weighted by Gasteiger charge is -1.95. The van der Waals surface area contributed by atoms with Gasteiger partial charge in [-0.2, -0.15) is 4.98 Å². The molecule has 12 heavy (non-hydrogen) atoms. The monoisotopic (exact) mass is 190 g/mol. The topological polar surface area (TPSA) is 78.3 Å². The van der Waals surface area contributed by atoms with E-state index in [1.165, 1.54) is 0 Å². The van der Waals surface area contributed by atoms with E-state index in [9.17, 15) is 4.79 Å². The molecule has 0 radical (unpaired) electrons. The summed E-state index contributed by atoms with van der Waals surface area (Å²) in [6.07, 6.45) is 0. The van der Waals surface area contributed by atoms with Crippen LogP contribution in [0.1, 0.15) is 17.4 Å². The molecule has 6 heteroatoms. The summed E-state index contributed by atoms with van der Waals surface area (Å²) in [7, 11) is 0. The minimum atomic E-state index is -0.636. The van der Waals surface area contributed by atoms with E-state index in [-0.39, 0.29) is 23.5 Å². The van der Waals surface area contributed by atoms with E-state index < -0.39 is 5.97 Å². The van der Waals surface area contributed by atoms with Crippen molar-refractivity contribution in [1.29, 1.82) is 0 Å². The second-order valence-corrected chi connectivity index (χ2v) is 2.24. The molecule has 0 aliphatic heterocycles. The third-order valence-corrected chi connectivity index (χ3v) is 1.33. The second-order valence-electron chi connectivity index (χ2n) is 1.89. The SMILES string of the molecule is CCOC(=O)c1nc(N)oc1Cl. The second kappa shape index (κ2) is 3.44. The minimum Gasteiger partial charge on any atom is -0.461 e. The van der Waals surface area contributed by atoms with Crippen LogP contribution in [0.4, 0.5) is 6.01 Å². The maximum atomic E-state index is 11.0. The van der Waals surface area contributed by atoms with Gasteiger partial charge in [-0.05, 0) is 18.5 Å². The van der Waals surface area contributed by atoms with E-state index in [1.54, 1.807) is 6.92 Å². The molecule has 66 valence electrons. The number of halogens is 1. The molecule has 2 N–H and O–H groups in total. The Labute approximate surface area is 73.5 Å². The first-order valence-corrected chi connectivity index (χ1v) is 3.62. The molecular formula is C6H7ClN2O3. The third-order valence-electron chi connectivity index (χ3n) is 1.07. The van der Waals surface area contributed by atoms with Gasteiger partial charge in [0.15, 0.2) is 0 Å². The maximum absolute atomic E-state index is 11.0. The van der Waals surface area contributed by atoms with Gasteiger partial charge in [0, 0.05) is 0 Å². The van der Waals surface area contributed by atoms with Crippen LogP contribution in [0, 0.1) is 0 Å². The van der Waals surface area contributed by atoms with E-state index >= 15 is 0 Å². The Balaban J connectivity index is 2.87. The fourth-order valence-corrected chi connectivity index (χ4v) is 0.841. The van der Waals surface area contributed by atoms with Crippen LogP contribution in [-0.4, -0.2) is 17.6 Å². The predicted octanol–water partition coefficient (Wildman–Crippen LogP) is 1.09. The molecule has 1 aromatic heterocycles. The number of aromatic nitrogens is 1. The highest BCUT2D eigenvalue weighted by Crippen LogP contribution is 2.18. The summed E-state index contributed by atoms with van der Waals surface area (Å²) < 4.78 is 9.23. The molecule has 0 spiro atoms. The number of oxazole rings is 1. The Morgan fingerprint density at radius 1 is 1.83 bits per heavy atom. The summed E-state index contributed by atoms with van der Waals surface area (Å²) >= 11 is 5.47. The molecule has 5 nitrogen and oxygen atoms in total. The number of esters is 1. The van der Waals surface area contributed by atoms with Crippen molar-refractivity contribution in [3.63, 3.8) is 0 Å². The van der Waals surface area contributed by atoms with E-state index in [0.29, 0.717) is 0 Å². The average molecular weight is 191 g/mol. The largest absolute Gasteiger partial charge is 0.461 e. The lowest BCUT2D eigenvalue weighted by Crippen LogP contribution is -2.05. The first-order chi connectivity index (χ1) is 5.65. The van der Waals surface area contributed by atoms with E-state index in [1.807, 2.05) is 0 Å². The van der Waals surface area contributed by atoms with Gasteiger partial charge in [-0.25, -0.2) is 4.79 Å². The molecule has 0 aromatic carbocycles. The smallest absolute Gasteiger partial charge is 0.362 e. The van der Waals surface area contributed by atoms with Crippen LogP contribution < -0.4 is 5.73 Å². The Hall–Kier alpha value is -1.23. The number of hydrogen-bond acceptors (Lipinski definition) is 5. The van der Waals surface area contributed by atoms with Crippen LogP contribution >= 0.6 is 11.6 Å². The molecule has 0 amide bonds. The minimum absolute atomic E-state index is 0.0870. The van der Waals surface area contributed by atoms with Gasteiger partial charge in [-0.3, -0.25) is 0 Å². The average Bonchev–Trinajstić information content (AvgIpc) is 2.30. The number of nitrogen functional groups attached to an aromatic ring is 1. The van der Waals surface area contributed by atoms with Crippen LogP contribution in [0.25, 0.3) is 0 Å². The molecule has 0 unspecified atom stereocenters. The number of rotatable bonds is 2. The molecule has 0 aliphatic carbocycles. The molecule has 1 rings (SSSR count). The van der Waals surface area contributed by atoms with Crippen LogP contribution in [0.5, 0.6) is 0 Å². The maximum Gasteiger partial charge on any atom is 0.362 e. The number of carbonyl (C=O) groups excluding carboxylic acids is 1. The lowest BCUT2D eigenvalue weighted by atomic mass is 10.5. The Kier molecular flexibility index (Phi) is 2.54. The summed E-state index contributed by atoms with van der Waals surface area (Å²) in [6, 6.07) is -0.150. The standard InChI is InChI=1S/C6H7ClN2O3/c1-2-11-5(10)3-4(7)12-6(8)9-3/h2H2,1H3,(H2,8,9). The van der Waals surface area contributed by atoms with Crippen molar-refractivity contribution in [3.05, 3.63) is 10.9 Å². The fraction of sp³-hybridized carbons (Fsp3) is 0.333. The quantitative estimate of drug-likeness (QED) is 0.707. The van der Waals surface area contributed by atoms with Gasteiger partial charge < -0.3 is 14.9 Å². The number of nitrogens with zero attached hydrogens (tertiary/aromatic N) is 1. The number of ether oxygens (including phenoxy) is 1. The predicted molar refractivity (Wildman–Crippen MR) is 41.9 cm³/mol. The van der Waals surface area contributed by atoms with Crippen molar-refractivity contribution in [2.24, 2.45) is 0 Å². The zero-order valence-corrected chi connectivity index (χ0v) is 7.09. The number of carbonyl (C=O) groups is 1. The first-order valence-electron chi connectivity index (χ1n) is 3.24. The molecule has 0 saturated carbocycles. The highest BCUT2D eigenvalue weighted by Gasteiger charge is 2.18. The third kappa shape index (κ3) is 1.68. The van der Waals surface area contributed by atoms with Crippen LogP contribution in [0.2, 0.25) is 5.22 Å². The van der Waals surface area contributed by atoms with Gasteiger partial charge in [-0.15, -0.1) is 0 Å². The van der Waals surface area contributed by atoms with Crippen LogP contribution in [-0.2, 0) is 4.74 Å². The molecule has 1 heterocycles. The molecule has 0 saturated heterocycles. The van der Waals surface area contributed by atoms with Gasteiger partial charge in [0.25, 0.3) is 6.01 Å². The number of anilines is 1. The summed E-state index contributed by atoms with van der Waals surface area (Å²) in [4.78, 5) is 14.5. The molecule has 0 atom stereocenters. The number of nitrogens with two attached hydrogens (primary N) is 1.